The molecule has 4 heterocycles. The summed E-state index contributed by atoms with van der Waals surface area (Å²) in [5.41, 5.74) is 2.68. The van der Waals surface area contributed by atoms with Crippen LogP contribution in [0.25, 0.3) is 11.3 Å². The minimum Gasteiger partial charge on any atom is -0.299 e. The number of pyridine rings is 1. The largest absolute Gasteiger partial charge is 0.299 e. The molecule has 9 heteroatoms. The van der Waals surface area contributed by atoms with Crippen LogP contribution in [0, 0.1) is 0 Å². The first kappa shape index (κ1) is 18.5. The summed E-state index contributed by atoms with van der Waals surface area (Å²) in [5, 5.41) is 12.7. The van der Waals surface area contributed by atoms with Crippen molar-refractivity contribution in [2.24, 2.45) is 7.05 Å². The van der Waals surface area contributed by atoms with Gasteiger partial charge < -0.3 is 0 Å². The summed E-state index contributed by atoms with van der Waals surface area (Å²) < 4.78 is 3.29. The maximum atomic E-state index is 12.2. The van der Waals surface area contributed by atoms with Crippen molar-refractivity contribution < 1.29 is 0 Å². The first-order valence-corrected chi connectivity index (χ1v) is 9.46. The molecule has 0 saturated carbocycles. The summed E-state index contributed by atoms with van der Waals surface area (Å²) in [6.07, 6.45) is 5.42. The molecule has 0 radical (unpaired) electrons. The molecule has 0 N–H and O–H groups in total. The fraction of sp³-hybridized carbons (Fsp3) is 0.421. The lowest BCUT2D eigenvalue weighted by Gasteiger charge is -2.34. The van der Waals surface area contributed by atoms with Gasteiger partial charge in [-0.05, 0) is 18.2 Å². The summed E-state index contributed by atoms with van der Waals surface area (Å²) in [7, 11) is 1.88. The third-order valence-electron chi connectivity index (χ3n) is 4.97. The van der Waals surface area contributed by atoms with Crippen molar-refractivity contribution in [3.8, 4) is 11.3 Å². The monoisotopic (exact) mass is 380 g/mol. The summed E-state index contributed by atoms with van der Waals surface area (Å²) in [4.78, 5) is 21.0. The lowest BCUT2D eigenvalue weighted by molar-refractivity contribution is 0.121. The topological polar surface area (TPSA) is 85.0 Å². The molecule has 3 aromatic rings. The van der Waals surface area contributed by atoms with E-state index in [-0.39, 0.29) is 5.56 Å². The Morgan fingerprint density at radius 2 is 1.71 bits per heavy atom. The van der Waals surface area contributed by atoms with Gasteiger partial charge in [-0.15, -0.1) is 5.10 Å². The van der Waals surface area contributed by atoms with Gasteiger partial charge in [-0.3, -0.25) is 24.3 Å². The summed E-state index contributed by atoms with van der Waals surface area (Å²) in [6, 6.07) is 7.14. The molecule has 1 aliphatic heterocycles. The third kappa shape index (κ3) is 4.49. The van der Waals surface area contributed by atoms with Gasteiger partial charge >= 0.3 is 0 Å². The van der Waals surface area contributed by atoms with E-state index in [2.05, 4.69) is 30.2 Å². The maximum Gasteiger partial charge on any atom is 0.266 e. The summed E-state index contributed by atoms with van der Waals surface area (Å²) in [6.45, 7) is 6.13. The van der Waals surface area contributed by atoms with E-state index in [0.29, 0.717) is 6.54 Å². The number of aromatic nitrogens is 6. The van der Waals surface area contributed by atoms with Crippen LogP contribution in [0.1, 0.15) is 5.69 Å². The molecule has 1 saturated heterocycles. The van der Waals surface area contributed by atoms with E-state index >= 15 is 0 Å². The van der Waals surface area contributed by atoms with Crippen LogP contribution in [0.2, 0.25) is 0 Å². The van der Waals surface area contributed by atoms with E-state index in [4.69, 9.17) is 0 Å². The van der Waals surface area contributed by atoms with Gasteiger partial charge in [0.25, 0.3) is 5.56 Å². The van der Waals surface area contributed by atoms with E-state index in [9.17, 15) is 4.79 Å². The minimum atomic E-state index is -0.0703. The molecule has 0 unspecified atom stereocenters. The van der Waals surface area contributed by atoms with Crippen LogP contribution in [-0.4, -0.2) is 72.3 Å². The van der Waals surface area contributed by atoms with Crippen LogP contribution in [0.4, 0.5) is 0 Å². The van der Waals surface area contributed by atoms with Gasteiger partial charge in [0.2, 0.25) is 0 Å². The van der Waals surface area contributed by atoms with E-state index in [1.807, 2.05) is 25.4 Å². The molecule has 0 spiro atoms. The average molecular weight is 380 g/mol. The van der Waals surface area contributed by atoms with Crippen LogP contribution in [0.3, 0.4) is 0 Å². The van der Waals surface area contributed by atoms with Gasteiger partial charge in [-0.25, -0.2) is 4.68 Å². The van der Waals surface area contributed by atoms with Crippen LogP contribution < -0.4 is 5.56 Å². The van der Waals surface area contributed by atoms with Gasteiger partial charge in [0, 0.05) is 76.5 Å². The average Bonchev–Trinajstić information content (AvgIpc) is 3.14. The molecular formula is C19H24N8O. The normalized spacial score (nSPS) is 15.8. The first-order chi connectivity index (χ1) is 13.7. The highest BCUT2D eigenvalue weighted by atomic mass is 16.1. The molecule has 0 aliphatic carbocycles. The van der Waals surface area contributed by atoms with Crippen LogP contribution in [0.15, 0.2) is 47.7 Å². The van der Waals surface area contributed by atoms with E-state index in [0.717, 1.165) is 56.2 Å². The second-order valence-electron chi connectivity index (χ2n) is 7.02. The van der Waals surface area contributed by atoms with Crippen molar-refractivity contribution in [2.45, 2.75) is 13.1 Å². The number of hydrogen-bond donors (Lipinski definition) is 0. The van der Waals surface area contributed by atoms with Crippen molar-refractivity contribution in [2.75, 3.05) is 32.7 Å². The van der Waals surface area contributed by atoms with Crippen molar-refractivity contribution in [1.82, 2.24) is 39.6 Å². The highest BCUT2D eigenvalue weighted by molar-refractivity contribution is 5.56. The van der Waals surface area contributed by atoms with E-state index in [1.54, 1.807) is 33.9 Å². The standard InChI is InChI=1S/C19H24N8O/c1-24-14-17(21-23-24)15-26-10-8-25(9-11-26)12-13-27-19(28)3-2-18(22-27)16-4-6-20-7-5-16/h2-7,14H,8-13,15H2,1H3. The molecule has 1 fully saturated rings. The molecule has 146 valence electrons. The van der Waals surface area contributed by atoms with Crippen LogP contribution >= 0.6 is 0 Å². The summed E-state index contributed by atoms with van der Waals surface area (Å²) >= 11 is 0. The number of nitrogens with zero attached hydrogens (tertiary/aromatic N) is 8. The Hall–Kier alpha value is -2.91. The molecule has 0 amide bonds. The smallest absolute Gasteiger partial charge is 0.266 e. The Bertz CT molecular complexity index is 959. The SMILES string of the molecule is Cn1cc(CN2CCN(CCn3nc(-c4ccncc4)ccc3=O)CC2)nn1. The van der Waals surface area contributed by atoms with E-state index < -0.39 is 0 Å². The van der Waals surface area contributed by atoms with Crippen molar-refractivity contribution in [3.05, 3.63) is 58.9 Å². The summed E-state index contributed by atoms with van der Waals surface area (Å²) in [5.74, 6) is 0. The highest BCUT2D eigenvalue weighted by Gasteiger charge is 2.18. The first-order valence-electron chi connectivity index (χ1n) is 9.46. The van der Waals surface area contributed by atoms with Crippen LogP contribution in [-0.2, 0) is 20.1 Å². The number of hydrogen-bond acceptors (Lipinski definition) is 7. The fourth-order valence-electron chi connectivity index (χ4n) is 3.39. The lowest BCUT2D eigenvalue weighted by Crippen LogP contribution is -2.47. The molecule has 0 bridgehead atoms. The Labute approximate surface area is 163 Å². The van der Waals surface area contributed by atoms with Gasteiger partial charge in [0.15, 0.2) is 0 Å². The Balaban J connectivity index is 1.31. The zero-order chi connectivity index (χ0) is 19.3. The molecule has 0 atom stereocenters. The van der Waals surface area contributed by atoms with Crippen molar-refractivity contribution >= 4 is 0 Å². The van der Waals surface area contributed by atoms with Gasteiger partial charge in [-0.2, -0.15) is 5.10 Å². The second kappa shape index (κ2) is 8.41. The number of aryl methyl sites for hydroxylation is 1. The van der Waals surface area contributed by atoms with E-state index in [1.165, 1.54) is 0 Å². The molecule has 1 aliphatic rings. The highest BCUT2D eigenvalue weighted by Crippen LogP contribution is 2.13. The van der Waals surface area contributed by atoms with Crippen molar-refractivity contribution in [3.63, 3.8) is 0 Å². The number of piperazine rings is 1. The quantitative estimate of drug-likeness (QED) is 0.606. The maximum absolute atomic E-state index is 12.2. The molecule has 4 rings (SSSR count). The molecule has 3 aromatic heterocycles. The third-order valence-corrected chi connectivity index (χ3v) is 4.97. The Kier molecular flexibility index (Phi) is 5.54. The fourth-order valence-corrected chi connectivity index (χ4v) is 3.39. The lowest BCUT2D eigenvalue weighted by atomic mass is 10.2. The zero-order valence-corrected chi connectivity index (χ0v) is 16.0. The molecule has 0 aromatic carbocycles. The minimum absolute atomic E-state index is 0.0703. The Morgan fingerprint density at radius 3 is 2.43 bits per heavy atom. The van der Waals surface area contributed by atoms with Crippen LogP contribution in [0.5, 0.6) is 0 Å². The molecular weight excluding hydrogens is 356 g/mol. The van der Waals surface area contributed by atoms with Gasteiger partial charge in [-0.1, -0.05) is 5.21 Å². The predicted molar refractivity (Wildman–Crippen MR) is 104 cm³/mol. The van der Waals surface area contributed by atoms with Gasteiger partial charge in [0.1, 0.15) is 0 Å². The second-order valence-corrected chi connectivity index (χ2v) is 7.02. The van der Waals surface area contributed by atoms with Crippen molar-refractivity contribution in [1.29, 1.82) is 0 Å². The van der Waals surface area contributed by atoms with Gasteiger partial charge in [0.05, 0.1) is 17.9 Å². The number of rotatable bonds is 6. The Morgan fingerprint density at radius 1 is 0.964 bits per heavy atom. The molecule has 28 heavy (non-hydrogen) atoms. The predicted octanol–water partition coefficient (Wildman–Crippen LogP) is 0.252. The molecule has 9 nitrogen and oxygen atoms in total. The zero-order valence-electron chi connectivity index (χ0n) is 16.0.